The second-order valence-electron chi connectivity index (χ2n) is 7.13. The van der Waals surface area contributed by atoms with Gasteiger partial charge in [-0.05, 0) is 37.6 Å². The number of aryl methyl sites for hydroxylation is 2. The molecule has 0 bridgehead atoms. The highest BCUT2D eigenvalue weighted by Crippen LogP contribution is 2.22. The molecular formula is C21H22N6O2. The van der Waals surface area contributed by atoms with Gasteiger partial charge in [0, 0.05) is 50.0 Å². The van der Waals surface area contributed by atoms with E-state index in [4.69, 9.17) is 0 Å². The highest BCUT2D eigenvalue weighted by Gasteiger charge is 2.24. The predicted octanol–water partition coefficient (Wildman–Crippen LogP) is 2.37. The van der Waals surface area contributed by atoms with Gasteiger partial charge >= 0.3 is 0 Å². The van der Waals surface area contributed by atoms with Gasteiger partial charge in [-0.3, -0.25) is 19.5 Å². The second-order valence-corrected chi connectivity index (χ2v) is 7.13. The molecule has 0 aliphatic carbocycles. The molecule has 0 fully saturated rings. The molecule has 1 amide bonds. The van der Waals surface area contributed by atoms with Crippen LogP contribution in [-0.4, -0.2) is 43.2 Å². The van der Waals surface area contributed by atoms with Crippen LogP contribution in [0.4, 0.5) is 5.82 Å². The van der Waals surface area contributed by atoms with Gasteiger partial charge in [0.2, 0.25) is 5.91 Å². The summed E-state index contributed by atoms with van der Waals surface area (Å²) in [5.41, 5.74) is 3.08. The van der Waals surface area contributed by atoms with E-state index in [1.807, 2.05) is 35.9 Å². The Kier molecular flexibility index (Phi) is 5.41. The van der Waals surface area contributed by atoms with Crippen LogP contribution in [0.2, 0.25) is 0 Å². The predicted molar refractivity (Wildman–Crippen MR) is 107 cm³/mol. The minimum Gasteiger partial charge on any atom is -0.299 e. The molecular weight excluding hydrogens is 368 g/mol. The Morgan fingerprint density at radius 1 is 1.10 bits per heavy atom. The smallest absolute Gasteiger partial charge is 0.228 e. The lowest BCUT2D eigenvalue weighted by molar-refractivity contribution is -0.123. The number of nitrogens with zero attached hydrogens (tertiary/aromatic N) is 6. The van der Waals surface area contributed by atoms with Crippen LogP contribution in [0.15, 0.2) is 42.7 Å². The zero-order valence-electron chi connectivity index (χ0n) is 16.3. The van der Waals surface area contributed by atoms with Gasteiger partial charge in [0.15, 0.2) is 0 Å². The molecule has 0 saturated heterocycles. The Bertz CT molecular complexity index is 1010. The third kappa shape index (κ3) is 4.37. The van der Waals surface area contributed by atoms with Gasteiger partial charge in [-0.2, -0.15) is 15.3 Å². The maximum absolute atomic E-state index is 12.6. The summed E-state index contributed by atoms with van der Waals surface area (Å²) in [4.78, 5) is 30.8. The van der Waals surface area contributed by atoms with Gasteiger partial charge in [0.1, 0.15) is 11.6 Å². The number of amides is 1. The number of ketones is 1. The average Bonchev–Trinajstić information content (AvgIpc) is 3.13. The number of aromatic nitrogens is 5. The monoisotopic (exact) mass is 390 g/mol. The summed E-state index contributed by atoms with van der Waals surface area (Å²) in [6.45, 7) is 3.40. The molecule has 0 spiro atoms. The van der Waals surface area contributed by atoms with Crippen molar-refractivity contribution in [3.63, 3.8) is 0 Å². The number of fused-ring (bicyclic) bond motifs is 1. The van der Waals surface area contributed by atoms with Crippen LogP contribution in [0.3, 0.4) is 0 Å². The minimum atomic E-state index is -0.0443. The molecule has 0 N–H and O–H groups in total. The van der Waals surface area contributed by atoms with Crippen LogP contribution >= 0.6 is 0 Å². The molecule has 3 aromatic heterocycles. The van der Waals surface area contributed by atoms with Gasteiger partial charge in [0.25, 0.3) is 0 Å². The highest BCUT2D eigenvalue weighted by molar-refractivity contribution is 5.95. The Labute approximate surface area is 168 Å². The molecule has 4 rings (SSSR count). The molecule has 8 heteroatoms. The standard InChI is InChI=1S/C21H22N6O2/c1-15-12-20-26(10-3-11-27(20)25-15)21(29)8-6-18(28)13-17-5-7-19(24-23-17)16-4-2-9-22-14-16/h2,4-5,7,9,12,14H,3,6,8,10-11,13H2,1H3. The fourth-order valence-corrected chi connectivity index (χ4v) is 3.45. The summed E-state index contributed by atoms with van der Waals surface area (Å²) in [6.07, 6.45) is 4.83. The summed E-state index contributed by atoms with van der Waals surface area (Å²) in [5.74, 6) is 0.753. The van der Waals surface area contributed by atoms with Crippen LogP contribution in [-0.2, 0) is 22.6 Å². The SMILES string of the molecule is Cc1cc2n(n1)CCCN2C(=O)CCC(=O)Cc1ccc(-c2cccnc2)nn1. The lowest BCUT2D eigenvalue weighted by Gasteiger charge is -2.27. The molecule has 8 nitrogen and oxygen atoms in total. The zero-order chi connectivity index (χ0) is 20.2. The number of hydrogen-bond acceptors (Lipinski definition) is 6. The number of carbonyl (C=O) groups excluding carboxylic acids is 2. The molecule has 0 atom stereocenters. The van der Waals surface area contributed by atoms with Crippen LogP contribution in [0.5, 0.6) is 0 Å². The third-order valence-corrected chi connectivity index (χ3v) is 4.88. The van der Waals surface area contributed by atoms with Gasteiger partial charge in [-0.25, -0.2) is 4.68 Å². The van der Waals surface area contributed by atoms with E-state index in [1.165, 1.54) is 0 Å². The van der Waals surface area contributed by atoms with Crippen LogP contribution < -0.4 is 4.90 Å². The van der Waals surface area contributed by atoms with Gasteiger partial charge in [0.05, 0.1) is 23.5 Å². The Balaban J connectivity index is 1.32. The number of pyridine rings is 1. The van der Waals surface area contributed by atoms with Crippen molar-refractivity contribution >= 4 is 17.5 Å². The van der Waals surface area contributed by atoms with E-state index in [9.17, 15) is 9.59 Å². The molecule has 4 heterocycles. The first-order chi connectivity index (χ1) is 14.1. The average molecular weight is 390 g/mol. The van der Waals surface area contributed by atoms with E-state index in [0.717, 1.165) is 30.0 Å². The molecule has 148 valence electrons. The zero-order valence-corrected chi connectivity index (χ0v) is 16.3. The number of rotatable bonds is 6. The topological polar surface area (TPSA) is 93.9 Å². The highest BCUT2D eigenvalue weighted by atomic mass is 16.2. The summed E-state index contributed by atoms with van der Waals surface area (Å²) < 4.78 is 1.86. The number of Topliss-reactive ketones (excluding diaryl/α,β-unsaturated/α-hetero) is 1. The first kappa shape index (κ1) is 18.9. The maximum atomic E-state index is 12.6. The van der Waals surface area contributed by atoms with Crippen molar-refractivity contribution in [2.45, 2.75) is 39.2 Å². The van der Waals surface area contributed by atoms with E-state index >= 15 is 0 Å². The Hall–Kier alpha value is -3.42. The number of anilines is 1. The molecule has 1 aliphatic rings. The number of carbonyl (C=O) groups is 2. The summed E-state index contributed by atoms with van der Waals surface area (Å²) in [7, 11) is 0. The van der Waals surface area contributed by atoms with Crippen molar-refractivity contribution < 1.29 is 9.59 Å². The van der Waals surface area contributed by atoms with Crippen molar-refractivity contribution in [1.82, 2.24) is 25.0 Å². The largest absolute Gasteiger partial charge is 0.299 e. The van der Waals surface area contributed by atoms with E-state index in [1.54, 1.807) is 23.4 Å². The maximum Gasteiger partial charge on any atom is 0.228 e. The van der Waals surface area contributed by atoms with Crippen LogP contribution in [0.1, 0.15) is 30.7 Å². The fourth-order valence-electron chi connectivity index (χ4n) is 3.45. The normalized spacial score (nSPS) is 13.2. The lowest BCUT2D eigenvalue weighted by atomic mass is 10.1. The summed E-state index contributed by atoms with van der Waals surface area (Å²) in [6, 6.07) is 9.28. The molecule has 3 aromatic rings. The van der Waals surface area contributed by atoms with Gasteiger partial charge in [-0.1, -0.05) is 0 Å². The third-order valence-electron chi connectivity index (χ3n) is 4.88. The van der Waals surface area contributed by atoms with Gasteiger partial charge < -0.3 is 0 Å². The quantitative estimate of drug-likeness (QED) is 0.641. The van der Waals surface area contributed by atoms with Gasteiger partial charge in [-0.15, -0.1) is 0 Å². The van der Waals surface area contributed by atoms with Crippen molar-refractivity contribution in [3.05, 3.63) is 54.1 Å². The van der Waals surface area contributed by atoms with E-state index in [0.29, 0.717) is 17.9 Å². The van der Waals surface area contributed by atoms with Crippen LogP contribution in [0, 0.1) is 6.92 Å². The van der Waals surface area contributed by atoms with Crippen molar-refractivity contribution in [2.75, 3.05) is 11.4 Å². The molecule has 0 saturated carbocycles. The van der Waals surface area contributed by atoms with Crippen molar-refractivity contribution in [1.29, 1.82) is 0 Å². The van der Waals surface area contributed by atoms with Crippen molar-refractivity contribution in [3.8, 4) is 11.3 Å². The van der Waals surface area contributed by atoms with E-state index < -0.39 is 0 Å². The van der Waals surface area contributed by atoms with Crippen molar-refractivity contribution in [2.24, 2.45) is 0 Å². The van der Waals surface area contributed by atoms with E-state index in [2.05, 4.69) is 20.3 Å². The van der Waals surface area contributed by atoms with Crippen LogP contribution in [0.25, 0.3) is 11.3 Å². The molecule has 1 aliphatic heterocycles. The fraction of sp³-hybridized carbons (Fsp3) is 0.333. The summed E-state index contributed by atoms with van der Waals surface area (Å²) >= 11 is 0. The van der Waals surface area contributed by atoms with E-state index in [-0.39, 0.29) is 31.0 Å². The summed E-state index contributed by atoms with van der Waals surface area (Å²) in [5, 5.41) is 12.7. The minimum absolute atomic E-state index is 0.0246. The number of hydrogen-bond donors (Lipinski definition) is 0. The lowest BCUT2D eigenvalue weighted by Crippen LogP contribution is -2.37. The molecule has 0 radical (unpaired) electrons. The molecule has 0 unspecified atom stereocenters. The Morgan fingerprint density at radius 3 is 2.76 bits per heavy atom. The second kappa shape index (κ2) is 8.30. The Morgan fingerprint density at radius 2 is 2.00 bits per heavy atom. The molecule has 0 aromatic carbocycles. The first-order valence-electron chi connectivity index (χ1n) is 9.70. The first-order valence-corrected chi connectivity index (χ1v) is 9.70. The molecule has 29 heavy (non-hydrogen) atoms.